The van der Waals surface area contributed by atoms with Gasteiger partial charge in [-0.2, -0.15) is 5.10 Å². The first-order chi connectivity index (χ1) is 9.04. The number of hydrogen-bond acceptors (Lipinski definition) is 3. The maximum Gasteiger partial charge on any atom is 0.216 e. The third-order valence-corrected chi connectivity index (χ3v) is 4.06. The molecule has 0 atom stereocenters. The molecule has 0 saturated carbocycles. The molecule has 0 radical (unpaired) electrons. The molecule has 0 fully saturated rings. The fourth-order valence-electron chi connectivity index (χ4n) is 2.12. The average molecular weight is 324 g/mol. The molecular weight excluding hydrogens is 306 g/mol. The lowest BCUT2D eigenvalue weighted by molar-refractivity contribution is 0.370. The second-order valence-corrected chi connectivity index (χ2v) is 5.32. The summed E-state index contributed by atoms with van der Waals surface area (Å²) >= 11 is 3.54. The number of aromatic nitrogens is 2. The number of hydrogen-bond donors (Lipinski definition) is 1. The molecule has 4 nitrogen and oxygen atoms in total. The van der Waals surface area contributed by atoms with Crippen molar-refractivity contribution in [3.8, 4) is 5.88 Å². The Hall–Kier alpha value is -1.49. The van der Waals surface area contributed by atoms with Gasteiger partial charge in [0.15, 0.2) is 0 Å². The normalized spacial score (nSPS) is 10.6. The van der Waals surface area contributed by atoms with Gasteiger partial charge in [-0.15, -0.1) is 0 Å². The number of benzene rings is 1. The summed E-state index contributed by atoms with van der Waals surface area (Å²) in [6.45, 7) is 4.77. The van der Waals surface area contributed by atoms with Crippen LogP contribution < -0.4 is 10.1 Å². The molecule has 0 aliphatic carbocycles. The summed E-state index contributed by atoms with van der Waals surface area (Å²) in [6, 6.07) is 6.13. The molecule has 0 spiro atoms. The van der Waals surface area contributed by atoms with Crippen LogP contribution in [-0.4, -0.2) is 16.9 Å². The summed E-state index contributed by atoms with van der Waals surface area (Å²) in [7, 11) is 3.56. The van der Waals surface area contributed by atoms with E-state index < -0.39 is 0 Å². The summed E-state index contributed by atoms with van der Waals surface area (Å²) in [5, 5.41) is 7.81. The second kappa shape index (κ2) is 5.65. The monoisotopic (exact) mass is 323 g/mol. The molecule has 1 aromatic carbocycles. The van der Waals surface area contributed by atoms with E-state index in [1.54, 1.807) is 11.8 Å². The number of nitrogens with one attached hydrogen (secondary N) is 1. The van der Waals surface area contributed by atoms with Crippen molar-refractivity contribution < 1.29 is 4.74 Å². The summed E-state index contributed by atoms with van der Waals surface area (Å²) in [5.41, 5.74) is 4.38. The zero-order valence-corrected chi connectivity index (χ0v) is 13.2. The van der Waals surface area contributed by atoms with Gasteiger partial charge in [0.25, 0.3) is 0 Å². The van der Waals surface area contributed by atoms with E-state index in [1.165, 1.54) is 5.56 Å². The van der Waals surface area contributed by atoms with Crippen LogP contribution in [0.2, 0.25) is 0 Å². The Morgan fingerprint density at radius 1 is 1.37 bits per heavy atom. The Kier molecular flexibility index (Phi) is 4.14. The number of methoxy groups -OCH3 is 1. The van der Waals surface area contributed by atoms with E-state index in [0.29, 0.717) is 6.54 Å². The minimum Gasteiger partial charge on any atom is -0.481 e. The summed E-state index contributed by atoms with van der Waals surface area (Å²) in [5.74, 6) is 0.803. The predicted molar refractivity (Wildman–Crippen MR) is 80.7 cm³/mol. The van der Waals surface area contributed by atoms with E-state index in [-0.39, 0.29) is 0 Å². The van der Waals surface area contributed by atoms with Crippen LogP contribution in [0.25, 0.3) is 0 Å². The van der Waals surface area contributed by atoms with Crippen molar-refractivity contribution in [3.63, 3.8) is 0 Å². The first-order valence-electron chi connectivity index (χ1n) is 6.10. The zero-order chi connectivity index (χ0) is 14.0. The number of nitrogens with zero attached hydrogens (tertiary/aromatic N) is 2. The molecule has 0 aliphatic rings. The second-order valence-electron chi connectivity index (χ2n) is 4.46. The number of ether oxygens (including phenoxy) is 1. The lowest BCUT2D eigenvalue weighted by atomic mass is 10.2. The van der Waals surface area contributed by atoms with Crippen LogP contribution in [0.5, 0.6) is 5.88 Å². The average Bonchev–Trinajstić information content (AvgIpc) is 2.65. The number of anilines is 1. The van der Waals surface area contributed by atoms with Crippen LogP contribution in [0.3, 0.4) is 0 Å². The van der Waals surface area contributed by atoms with Gasteiger partial charge in [-0.25, -0.2) is 4.68 Å². The van der Waals surface area contributed by atoms with Crippen LogP contribution in [0.1, 0.15) is 16.8 Å². The van der Waals surface area contributed by atoms with Crippen LogP contribution in [0.4, 0.5) is 5.69 Å². The molecule has 1 heterocycles. The van der Waals surface area contributed by atoms with E-state index in [9.17, 15) is 0 Å². The Morgan fingerprint density at radius 3 is 2.79 bits per heavy atom. The van der Waals surface area contributed by atoms with Crippen LogP contribution in [0, 0.1) is 13.8 Å². The standard InChI is InChI=1S/C14H18BrN3O/c1-9-12(15)6-5-7-13(9)16-8-11-10(2)17-18(3)14(11)19-4/h5-7,16H,8H2,1-4H3. The maximum absolute atomic E-state index is 5.39. The Bertz CT molecular complexity index is 593. The highest BCUT2D eigenvalue weighted by Gasteiger charge is 2.13. The Labute approximate surface area is 121 Å². The largest absolute Gasteiger partial charge is 0.481 e. The van der Waals surface area contributed by atoms with Crippen molar-refractivity contribution in [1.82, 2.24) is 9.78 Å². The van der Waals surface area contributed by atoms with Crippen molar-refractivity contribution >= 4 is 21.6 Å². The SMILES string of the molecule is COc1c(CNc2cccc(Br)c2C)c(C)nn1C. The summed E-state index contributed by atoms with van der Waals surface area (Å²) in [6.07, 6.45) is 0. The summed E-state index contributed by atoms with van der Waals surface area (Å²) < 4.78 is 8.26. The molecule has 2 rings (SSSR count). The highest BCUT2D eigenvalue weighted by Crippen LogP contribution is 2.26. The van der Waals surface area contributed by atoms with Crippen molar-refractivity contribution in [1.29, 1.82) is 0 Å². The highest BCUT2D eigenvalue weighted by atomic mass is 79.9. The zero-order valence-electron chi connectivity index (χ0n) is 11.6. The minimum atomic E-state index is 0.695. The first-order valence-corrected chi connectivity index (χ1v) is 6.89. The van der Waals surface area contributed by atoms with Crippen molar-refractivity contribution in [2.45, 2.75) is 20.4 Å². The lowest BCUT2D eigenvalue weighted by Gasteiger charge is -2.11. The molecule has 102 valence electrons. The fourth-order valence-corrected chi connectivity index (χ4v) is 2.49. The molecule has 5 heteroatoms. The lowest BCUT2D eigenvalue weighted by Crippen LogP contribution is -2.04. The molecule has 0 aliphatic heterocycles. The van der Waals surface area contributed by atoms with Gasteiger partial charge in [0.1, 0.15) is 0 Å². The number of halogens is 1. The fraction of sp³-hybridized carbons (Fsp3) is 0.357. The van der Waals surface area contributed by atoms with Crippen molar-refractivity contribution in [2.24, 2.45) is 7.05 Å². The topological polar surface area (TPSA) is 39.1 Å². The summed E-state index contributed by atoms with van der Waals surface area (Å²) in [4.78, 5) is 0. The molecule has 1 N–H and O–H groups in total. The molecule has 0 unspecified atom stereocenters. The molecular formula is C14H18BrN3O. The van der Waals surface area contributed by atoms with Crippen molar-refractivity contribution in [3.05, 3.63) is 39.5 Å². The third-order valence-electron chi connectivity index (χ3n) is 3.21. The van der Waals surface area contributed by atoms with E-state index >= 15 is 0 Å². The third kappa shape index (κ3) is 2.76. The van der Waals surface area contributed by atoms with Crippen molar-refractivity contribution in [2.75, 3.05) is 12.4 Å². The first kappa shape index (κ1) is 13.9. The van der Waals surface area contributed by atoms with Gasteiger partial charge in [-0.3, -0.25) is 0 Å². The van der Waals surface area contributed by atoms with Crippen LogP contribution >= 0.6 is 15.9 Å². The number of aryl methyl sites for hydroxylation is 2. The van der Waals surface area contributed by atoms with E-state index in [4.69, 9.17) is 4.74 Å². The van der Waals surface area contributed by atoms with Crippen LogP contribution in [0.15, 0.2) is 22.7 Å². The predicted octanol–water partition coefficient (Wildman–Crippen LogP) is 3.42. The molecule has 0 amide bonds. The van der Waals surface area contributed by atoms with Gasteiger partial charge >= 0.3 is 0 Å². The molecule has 2 aromatic rings. The van der Waals surface area contributed by atoms with Gasteiger partial charge in [0, 0.05) is 23.8 Å². The quantitative estimate of drug-likeness (QED) is 0.937. The highest BCUT2D eigenvalue weighted by molar-refractivity contribution is 9.10. The van der Waals surface area contributed by atoms with E-state index in [2.05, 4.69) is 39.3 Å². The van der Waals surface area contributed by atoms with E-state index in [1.807, 2.05) is 26.1 Å². The minimum absolute atomic E-state index is 0.695. The van der Waals surface area contributed by atoms with Gasteiger partial charge in [0.05, 0.1) is 18.4 Å². The smallest absolute Gasteiger partial charge is 0.216 e. The Balaban J connectivity index is 2.21. The van der Waals surface area contributed by atoms with Gasteiger partial charge in [0.2, 0.25) is 5.88 Å². The number of rotatable bonds is 4. The maximum atomic E-state index is 5.39. The molecule has 19 heavy (non-hydrogen) atoms. The Morgan fingerprint density at radius 2 is 2.11 bits per heavy atom. The van der Waals surface area contributed by atoms with E-state index in [0.717, 1.165) is 27.3 Å². The molecule has 0 saturated heterocycles. The van der Waals surface area contributed by atoms with Gasteiger partial charge in [-0.05, 0) is 31.5 Å². The van der Waals surface area contributed by atoms with Gasteiger partial charge in [-0.1, -0.05) is 22.0 Å². The van der Waals surface area contributed by atoms with Crippen LogP contribution in [-0.2, 0) is 13.6 Å². The molecule has 1 aromatic heterocycles. The van der Waals surface area contributed by atoms with Gasteiger partial charge < -0.3 is 10.1 Å². The molecule has 0 bridgehead atoms.